The summed E-state index contributed by atoms with van der Waals surface area (Å²) in [5.41, 5.74) is 1.98. The molecule has 1 amide bonds. The first-order chi connectivity index (χ1) is 10.2. The molecule has 0 aliphatic carbocycles. The Bertz CT molecular complexity index is 606. The Kier molecular flexibility index (Phi) is 4.06. The molecular formula is C17H21N3O. The molecule has 0 radical (unpaired) electrons. The average Bonchev–Trinajstić information content (AvgIpc) is 2.95. The van der Waals surface area contributed by atoms with Gasteiger partial charge >= 0.3 is 0 Å². The van der Waals surface area contributed by atoms with Crippen LogP contribution in [0.5, 0.6) is 0 Å². The predicted molar refractivity (Wildman–Crippen MR) is 83.3 cm³/mol. The Morgan fingerprint density at radius 1 is 1.24 bits per heavy atom. The Morgan fingerprint density at radius 2 is 2.05 bits per heavy atom. The van der Waals surface area contributed by atoms with Gasteiger partial charge in [0, 0.05) is 38.4 Å². The zero-order chi connectivity index (χ0) is 14.7. The van der Waals surface area contributed by atoms with Gasteiger partial charge in [-0.15, -0.1) is 0 Å². The number of hydrogen-bond acceptors (Lipinski definition) is 2. The minimum Gasteiger partial charge on any atom is -0.339 e. The molecule has 0 spiro atoms. The summed E-state index contributed by atoms with van der Waals surface area (Å²) in [5, 5.41) is 3.37. The van der Waals surface area contributed by atoms with E-state index in [2.05, 4.69) is 24.4 Å². The maximum atomic E-state index is 12.7. The van der Waals surface area contributed by atoms with Crippen molar-refractivity contribution < 1.29 is 4.79 Å². The van der Waals surface area contributed by atoms with Crippen LogP contribution in [0.1, 0.15) is 23.0 Å². The Labute approximate surface area is 125 Å². The van der Waals surface area contributed by atoms with Gasteiger partial charge in [0.15, 0.2) is 0 Å². The van der Waals surface area contributed by atoms with E-state index in [1.54, 1.807) is 0 Å². The highest BCUT2D eigenvalue weighted by atomic mass is 16.2. The van der Waals surface area contributed by atoms with Crippen molar-refractivity contribution in [3.05, 3.63) is 59.9 Å². The van der Waals surface area contributed by atoms with Gasteiger partial charge in [-0.3, -0.25) is 4.79 Å². The van der Waals surface area contributed by atoms with Crippen LogP contribution >= 0.6 is 0 Å². The predicted octanol–water partition coefficient (Wildman–Crippen LogP) is 1.97. The molecule has 1 atom stereocenters. The molecule has 3 rings (SSSR count). The van der Waals surface area contributed by atoms with Gasteiger partial charge in [0.05, 0.1) is 0 Å². The Morgan fingerprint density at radius 3 is 2.81 bits per heavy atom. The van der Waals surface area contributed by atoms with Crippen molar-refractivity contribution in [1.29, 1.82) is 0 Å². The molecule has 1 aliphatic rings. The van der Waals surface area contributed by atoms with Crippen molar-refractivity contribution in [2.75, 3.05) is 19.6 Å². The zero-order valence-corrected chi connectivity index (χ0v) is 12.3. The first kappa shape index (κ1) is 13.9. The van der Waals surface area contributed by atoms with Gasteiger partial charge in [-0.1, -0.05) is 30.3 Å². The Balaban J connectivity index is 1.77. The van der Waals surface area contributed by atoms with Crippen molar-refractivity contribution in [3.63, 3.8) is 0 Å². The molecule has 4 nitrogen and oxygen atoms in total. The largest absolute Gasteiger partial charge is 0.339 e. The quantitative estimate of drug-likeness (QED) is 0.935. The third-order valence-corrected chi connectivity index (χ3v) is 3.90. The number of benzene rings is 1. The average molecular weight is 283 g/mol. The molecule has 1 N–H and O–H groups in total. The molecule has 110 valence electrons. The van der Waals surface area contributed by atoms with E-state index in [-0.39, 0.29) is 5.91 Å². The summed E-state index contributed by atoms with van der Waals surface area (Å²) in [5.74, 6) is 0.129. The van der Waals surface area contributed by atoms with Crippen LogP contribution in [-0.4, -0.2) is 41.1 Å². The smallest absolute Gasteiger partial charge is 0.270 e. The molecular weight excluding hydrogens is 262 g/mol. The second-order valence-corrected chi connectivity index (χ2v) is 5.61. The van der Waals surface area contributed by atoms with Gasteiger partial charge < -0.3 is 14.8 Å². The molecule has 0 saturated carbocycles. The first-order valence-corrected chi connectivity index (χ1v) is 7.46. The van der Waals surface area contributed by atoms with E-state index >= 15 is 0 Å². The molecule has 1 saturated heterocycles. The highest BCUT2D eigenvalue weighted by molar-refractivity contribution is 5.93. The van der Waals surface area contributed by atoms with E-state index < -0.39 is 0 Å². The lowest BCUT2D eigenvalue weighted by atomic mass is 10.2. The Hall–Kier alpha value is -2.07. The summed E-state index contributed by atoms with van der Waals surface area (Å²) in [6.07, 6.45) is 1.98. The van der Waals surface area contributed by atoms with Crippen LogP contribution in [0, 0.1) is 0 Å². The van der Waals surface area contributed by atoms with Crippen LogP contribution in [0.3, 0.4) is 0 Å². The number of carbonyl (C=O) groups excluding carboxylic acids is 1. The second-order valence-electron chi connectivity index (χ2n) is 5.61. The van der Waals surface area contributed by atoms with Crippen molar-refractivity contribution >= 4 is 5.91 Å². The van der Waals surface area contributed by atoms with E-state index in [9.17, 15) is 4.79 Å². The maximum absolute atomic E-state index is 12.7. The second kappa shape index (κ2) is 6.14. The summed E-state index contributed by atoms with van der Waals surface area (Å²) in [4.78, 5) is 14.6. The lowest BCUT2D eigenvalue weighted by Gasteiger charge is -2.32. The SMILES string of the molecule is C[C@H]1CN(C(=O)c2cccn2Cc2ccccc2)CCN1. The van der Waals surface area contributed by atoms with Crippen molar-refractivity contribution in [2.24, 2.45) is 0 Å². The lowest BCUT2D eigenvalue weighted by molar-refractivity contribution is 0.0698. The number of amides is 1. The fourth-order valence-corrected chi connectivity index (χ4v) is 2.81. The van der Waals surface area contributed by atoms with Gasteiger partial charge in [-0.05, 0) is 24.6 Å². The van der Waals surface area contributed by atoms with E-state index in [1.165, 1.54) is 5.56 Å². The summed E-state index contributed by atoms with van der Waals surface area (Å²) < 4.78 is 2.03. The molecule has 2 heterocycles. The van der Waals surface area contributed by atoms with Crippen LogP contribution in [0.2, 0.25) is 0 Å². The number of rotatable bonds is 3. The van der Waals surface area contributed by atoms with Crippen LogP contribution < -0.4 is 5.32 Å². The minimum absolute atomic E-state index is 0.129. The molecule has 21 heavy (non-hydrogen) atoms. The lowest BCUT2D eigenvalue weighted by Crippen LogP contribution is -2.51. The van der Waals surface area contributed by atoms with Gasteiger partial charge in [0.2, 0.25) is 0 Å². The molecule has 1 aromatic carbocycles. The fraction of sp³-hybridized carbons (Fsp3) is 0.353. The van der Waals surface area contributed by atoms with Gasteiger partial charge in [-0.2, -0.15) is 0 Å². The monoisotopic (exact) mass is 283 g/mol. The van der Waals surface area contributed by atoms with Crippen LogP contribution in [0.4, 0.5) is 0 Å². The number of nitrogens with zero attached hydrogens (tertiary/aromatic N) is 2. The number of aromatic nitrogens is 1. The van der Waals surface area contributed by atoms with Crippen molar-refractivity contribution in [2.45, 2.75) is 19.5 Å². The minimum atomic E-state index is 0.129. The van der Waals surface area contributed by atoms with Crippen LogP contribution in [0.15, 0.2) is 48.7 Å². The van der Waals surface area contributed by atoms with Crippen molar-refractivity contribution in [1.82, 2.24) is 14.8 Å². The normalized spacial score (nSPS) is 18.7. The third-order valence-electron chi connectivity index (χ3n) is 3.90. The summed E-state index contributed by atoms with van der Waals surface area (Å²) >= 11 is 0. The van der Waals surface area contributed by atoms with E-state index in [0.717, 1.165) is 31.9 Å². The molecule has 0 unspecified atom stereocenters. The summed E-state index contributed by atoms with van der Waals surface area (Å²) in [6, 6.07) is 14.5. The summed E-state index contributed by atoms with van der Waals surface area (Å²) in [6.45, 7) is 5.26. The molecule has 2 aromatic rings. The number of carbonyl (C=O) groups is 1. The molecule has 0 bridgehead atoms. The fourth-order valence-electron chi connectivity index (χ4n) is 2.81. The first-order valence-electron chi connectivity index (χ1n) is 7.46. The highest BCUT2D eigenvalue weighted by Crippen LogP contribution is 2.12. The van der Waals surface area contributed by atoms with Gasteiger partial charge in [-0.25, -0.2) is 0 Å². The topological polar surface area (TPSA) is 37.3 Å². The van der Waals surface area contributed by atoms with Crippen LogP contribution in [0.25, 0.3) is 0 Å². The number of hydrogen-bond donors (Lipinski definition) is 1. The van der Waals surface area contributed by atoms with Crippen molar-refractivity contribution in [3.8, 4) is 0 Å². The molecule has 1 aromatic heterocycles. The van der Waals surface area contributed by atoms with E-state index in [4.69, 9.17) is 0 Å². The van der Waals surface area contributed by atoms with E-state index in [0.29, 0.717) is 6.04 Å². The number of nitrogens with one attached hydrogen (secondary N) is 1. The van der Waals surface area contributed by atoms with Gasteiger partial charge in [0.25, 0.3) is 5.91 Å². The standard InChI is InChI=1S/C17H21N3O/c1-14-12-20(11-9-18-14)17(21)16-8-5-10-19(16)13-15-6-3-2-4-7-15/h2-8,10,14,18H,9,11-13H2,1H3/t14-/m0/s1. The third kappa shape index (κ3) is 3.16. The van der Waals surface area contributed by atoms with E-state index in [1.807, 2.05) is 46.0 Å². The van der Waals surface area contributed by atoms with Gasteiger partial charge in [0.1, 0.15) is 5.69 Å². The number of piperazine rings is 1. The highest BCUT2D eigenvalue weighted by Gasteiger charge is 2.23. The molecule has 1 fully saturated rings. The summed E-state index contributed by atoms with van der Waals surface area (Å²) in [7, 11) is 0. The van der Waals surface area contributed by atoms with Crippen LogP contribution in [-0.2, 0) is 6.54 Å². The maximum Gasteiger partial charge on any atom is 0.270 e. The molecule has 4 heteroatoms. The zero-order valence-electron chi connectivity index (χ0n) is 12.3. The molecule has 1 aliphatic heterocycles.